The van der Waals surface area contributed by atoms with Crippen molar-refractivity contribution in [3.63, 3.8) is 0 Å². The molecule has 2 heterocycles. The molecule has 22 heavy (non-hydrogen) atoms. The fourth-order valence-electron chi connectivity index (χ4n) is 2.88. The normalized spacial score (nSPS) is 18.3. The van der Waals surface area contributed by atoms with Crippen LogP contribution >= 0.6 is 0 Å². The summed E-state index contributed by atoms with van der Waals surface area (Å²) in [5.74, 6) is -1.07. The number of hydrogen-bond donors (Lipinski definition) is 0. The molecular weight excluding hydrogens is 288 g/mol. The summed E-state index contributed by atoms with van der Waals surface area (Å²) >= 11 is 0. The minimum atomic E-state index is -0.882. The van der Waals surface area contributed by atoms with Crippen LogP contribution in [0.5, 0.6) is 0 Å². The Bertz CT molecular complexity index is 726. The number of imidazole rings is 1. The molecule has 1 unspecified atom stereocenters. The first-order valence-corrected chi connectivity index (χ1v) is 7.17. The van der Waals surface area contributed by atoms with Gasteiger partial charge < -0.3 is 9.47 Å². The molecule has 0 spiro atoms. The average Bonchev–Trinajstić information content (AvgIpc) is 3.04. The number of rotatable bonds is 3. The maximum atomic E-state index is 14.2. The molecule has 1 aromatic heterocycles. The van der Waals surface area contributed by atoms with E-state index < -0.39 is 11.6 Å². The van der Waals surface area contributed by atoms with E-state index in [4.69, 9.17) is 0 Å². The maximum absolute atomic E-state index is 14.2. The second-order valence-electron chi connectivity index (χ2n) is 5.81. The van der Waals surface area contributed by atoms with Crippen LogP contribution in [0.25, 0.3) is 11.4 Å². The Labute approximate surface area is 127 Å². The van der Waals surface area contributed by atoms with E-state index in [0.29, 0.717) is 25.3 Å². The summed E-state index contributed by atoms with van der Waals surface area (Å²) in [4.78, 5) is 17.4. The Hall–Kier alpha value is -2.24. The lowest BCUT2D eigenvalue weighted by Crippen LogP contribution is -2.20. The molecule has 2 aromatic rings. The van der Waals surface area contributed by atoms with E-state index in [1.807, 2.05) is 0 Å². The highest BCUT2D eigenvalue weighted by molar-refractivity contribution is 5.78. The molecule has 116 valence electrons. The van der Waals surface area contributed by atoms with Crippen LogP contribution in [0.15, 0.2) is 24.5 Å². The van der Waals surface area contributed by atoms with Gasteiger partial charge in [0.15, 0.2) is 11.6 Å². The zero-order chi connectivity index (χ0) is 15.9. The SMILES string of the molecule is Cc1ccc(-c2nccn2CC2CC(=O)N(C)C2)c(F)c1F. The number of likely N-dealkylation sites (tertiary alicyclic amines) is 1. The molecule has 1 fully saturated rings. The summed E-state index contributed by atoms with van der Waals surface area (Å²) in [5, 5.41) is 0. The van der Waals surface area contributed by atoms with Crippen LogP contribution in [0.1, 0.15) is 12.0 Å². The lowest BCUT2D eigenvalue weighted by molar-refractivity contribution is -0.126. The second-order valence-corrected chi connectivity index (χ2v) is 5.81. The van der Waals surface area contributed by atoms with Gasteiger partial charge in [-0.2, -0.15) is 0 Å². The zero-order valence-electron chi connectivity index (χ0n) is 12.5. The van der Waals surface area contributed by atoms with Crippen molar-refractivity contribution in [1.82, 2.24) is 14.5 Å². The van der Waals surface area contributed by atoms with E-state index in [-0.39, 0.29) is 23.0 Å². The first kappa shape index (κ1) is 14.7. The molecule has 4 nitrogen and oxygen atoms in total. The van der Waals surface area contributed by atoms with Gasteiger partial charge in [0.05, 0.1) is 5.56 Å². The topological polar surface area (TPSA) is 38.1 Å². The highest BCUT2D eigenvalue weighted by atomic mass is 19.2. The van der Waals surface area contributed by atoms with Gasteiger partial charge in [-0.25, -0.2) is 13.8 Å². The quantitative estimate of drug-likeness (QED) is 0.874. The third-order valence-corrected chi connectivity index (χ3v) is 4.11. The Kier molecular flexibility index (Phi) is 3.68. The number of aromatic nitrogens is 2. The predicted molar refractivity (Wildman–Crippen MR) is 78.1 cm³/mol. The van der Waals surface area contributed by atoms with Crippen molar-refractivity contribution in [1.29, 1.82) is 0 Å². The van der Waals surface area contributed by atoms with Crippen LogP contribution in [-0.4, -0.2) is 34.0 Å². The van der Waals surface area contributed by atoms with E-state index in [0.717, 1.165) is 0 Å². The molecule has 1 aliphatic heterocycles. The molecule has 1 amide bonds. The van der Waals surface area contributed by atoms with Gasteiger partial charge in [-0.1, -0.05) is 6.07 Å². The van der Waals surface area contributed by atoms with Crippen molar-refractivity contribution in [3.8, 4) is 11.4 Å². The van der Waals surface area contributed by atoms with Gasteiger partial charge >= 0.3 is 0 Å². The lowest BCUT2D eigenvalue weighted by Gasteiger charge is -2.14. The van der Waals surface area contributed by atoms with Crippen LogP contribution in [0.2, 0.25) is 0 Å². The van der Waals surface area contributed by atoms with Crippen molar-refractivity contribution in [2.45, 2.75) is 19.9 Å². The molecule has 0 radical (unpaired) electrons. The summed E-state index contributed by atoms with van der Waals surface area (Å²) in [6.45, 7) is 2.75. The van der Waals surface area contributed by atoms with Gasteiger partial charge in [-0.15, -0.1) is 0 Å². The first-order valence-electron chi connectivity index (χ1n) is 7.17. The molecule has 0 bridgehead atoms. The minimum Gasteiger partial charge on any atom is -0.345 e. The van der Waals surface area contributed by atoms with E-state index in [2.05, 4.69) is 4.98 Å². The average molecular weight is 305 g/mol. The standard InChI is InChI=1S/C16H17F2N3O/c1-10-3-4-12(15(18)14(10)17)16-19-5-6-21(16)9-11-7-13(22)20(2)8-11/h3-6,11H,7-9H2,1-2H3. The Morgan fingerprint density at radius 2 is 2.09 bits per heavy atom. The van der Waals surface area contributed by atoms with Crippen LogP contribution < -0.4 is 0 Å². The van der Waals surface area contributed by atoms with Crippen LogP contribution in [0.4, 0.5) is 8.78 Å². The Balaban J connectivity index is 1.90. The van der Waals surface area contributed by atoms with Crippen LogP contribution in [0.3, 0.4) is 0 Å². The number of benzene rings is 1. The molecule has 1 atom stereocenters. The molecular formula is C16H17F2N3O. The Morgan fingerprint density at radius 1 is 1.32 bits per heavy atom. The molecule has 0 aliphatic carbocycles. The molecule has 3 rings (SSSR count). The van der Waals surface area contributed by atoms with E-state index in [9.17, 15) is 13.6 Å². The monoisotopic (exact) mass is 305 g/mol. The fraction of sp³-hybridized carbons (Fsp3) is 0.375. The van der Waals surface area contributed by atoms with E-state index in [1.165, 1.54) is 6.92 Å². The molecule has 1 aliphatic rings. The van der Waals surface area contributed by atoms with E-state index in [1.54, 1.807) is 41.0 Å². The van der Waals surface area contributed by atoms with Crippen molar-refractivity contribution in [2.75, 3.05) is 13.6 Å². The fourth-order valence-corrected chi connectivity index (χ4v) is 2.88. The molecule has 1 aromatic carbocycles. The largest absolute Gasteiger partial charge is 0.345 e. The van der Waals surface area contributed by atoms with Crippen molar-refractivity contribution < 1.29 is 13.6 Å². The van der Waals surface area contributed by atoms with Gasteiger partial charge in [0, 0.05) is 44.9 Å². The first-order chi connectivity index (χ1) is 10.5. The summed E-state index contributed by atoms with van der Waals surface area (Å²) in [6.07, 6.45) is 3.77. The molecule has 1 saturated heterocycles. The van der Waals surface area contributed by atoms with Gasteiger partial charge in [0.25, 0.3) is 0 Å². The van der Waals surface area contributed by atoms with Crippen molar-refractivity contribution in [2.24, 2.45) is 5.92 Å². The van der Waals surface area contributed by atoms with Gasteiger partial charge in [-0.3, -0.25) is 4.79 Å². The van der Waals surface area contributed by atoms with Gasteiger partial charge in [0.1, 0.15) is 5.82 Å². The smallest absolute Gasteiger partial charge is 0.222 e. The number of carbonyl (C=O) groups excluding carboxylic acids is 1. The zero-order valence-corrected chi connectivity index (χ0v) is 12.5. The maximum Gasteiger partial charge on any atom is 0.222 e. The number of halogens is 2. The third-order valence-electron chi connectivity index (χ3n) is 4.11. The third kappa shape index (κ3) is 2.49. The highest BCUT2D eigenvalue weighted by Gasteiger charge is 2.27. The summed E-state index contributed by atoms with van der Waals surface area (Å²) in [7, 11) is 1.77. The Morgan fingerprint density at radius 3 is 2.77 bits per heavy atom. The van der Waals surface area contributed by atoms with Crippen molar-refractivity contribution >= 4 is 5.91 Å². The van der Waals surface area contributed by atoms with Crippen molar-refractivity contribution in [3.05, 3.63) is 41.7 Å². The molecule has 6 heteroatoms. The molecule has 0 N–H and O–H groups in total. The van der Waals surface area contributed by atoms with Crippen LogP contribution in [-0.2, 0) is 11.3 Å². The lowest BCUT2D eigenvalue weighted by atomic mass is 10.1. The summed E-state index contributed by atoms with van der Waals surface area (Å²) in [5.41, 5.74) is 0.410. The predicted octanol–water partition coefficient (Wildman–Crippen LogP) is 2.62. The number of carbonyl (C=O) groups is 1. The number of nitrogens with zero attached hydrogens (tertiary/aromatic N) is 3. The summed E-state index contributed by atoms with van der Waals surface area (Å²) < 4.78 is 29.7. The number of aryl methyl sites for hydroxylation is 1. The second kappa shape index (κ2) is 5.51. The van der Waals surface area contributed by atoms with Gasteiger partial charge in [0.2, 0.25) is 5.91 Å². The summed E-state index contributed by atoms with van der Waals surface area (Å²) in [6, 6.07) is 3.08. The number of hydrogen-bond acceptors (Lipinski definition) is 2. The minimum absolute atomic E-state index is 0.110. The van der Waals surface area contributed by atoms with E-state index >= 15 is 0 Å². The van der Waals surface area contributed by atoms with Gasteiger partial charge in [-0.05, 0) is 18.6 Å². The van der Waals surface area contributed by atoms with Crippen LogP contribution in [0, 0.1) is 24.5 Å². The molecule has 0 saturated carbocycles. The highest BCUT2D eigenvalue weighted by Crippen LogP contribution is 2.27. The number of amides is 1.